The van der Waals surface area contributed by atoms with Crippen molar-refractivity contribution in [3.63, 3.8) is 0 Å². The van der Waals surface area contributed by atoms with Gasteiger partial charge in [0.05, 0.1) is 0 Å². The van der Waals surface area contributed by atoms with Crippen LogP contribution in [0.4, 0.5) is 0 Å². The molecule has 1 aliphatic carbocycles. The molecule has 0 aliphatic heterocycles. The van der Waals surface area contributed by atoms with Crippen LogP contribution >= 0.6 is 0 Å². The summed E-state index contributed by atoms with van der Waals surface area (Å²) < 4.78 is 0. The molecule has 0 atom stereocenters. The van der Waals surface area contributed by atoms with Crippen molar-refractivity contribution >= 4 is 75.4 Å². The molecule has 0 radical (unpaired) electrons. The van der Waals surface area contributed by atoms with Gasteiger partial charge in [-0.15, -0.1) is 0 Å². The van der Waals surface area contributed by atoms with Crippen LogP contribution in [0, 0.1) is 0 Å². The molecule has 12 aromatic rings. The van der Waals surface area contributed by atoms with E-state index in [9.17, 15) is 0 Å². The Kier molecular flexibility index (Phi) is 7.17. The van der Waals surface area contributed by atoms with Gasteiger partial charge in [-0.3, -0.25) is 0 Å². The van der Waals surface area contributed by atoms with Crippen LogP contribution in [-0.2, 0) is 5.41 Å². The fourth-order valence-electron chi connectivity index (χ4n) is 11.3. The van der Waals surface area contributed by atoms with Crippen LogP contribution in [0.1, 0.15) is 25.0 Å². The molecule has 0 amide bonds. The Morgan fingerprint density at radius 1 is 0.262 bits per heavy atom. The minimum atomic E-state index is -0.125. The van der Waals surface area contributed by atoms with Gasteiger partial charge >= 0.3 is 0 Å². The van der Waals surface area contributed by atoms with E-state index >= 15 is 0 Å². The fraction of sp³-hybridized carbons (Fsp3) is 0.0492. The van der Waals surface area contributed by atoms with Crippen LogP contribution < -0.4 is 0 Å². The number of hydrogen-bond donors (Lipinski definition) is 0. The highest BCUT2D eigenvalue weighted by molar-refractivity contribution is 6.25. The average Bonchev–Trinajstić information content (AvgIpc) is 3.56. The first kappa shape index (κ1) is 34.3. The van der Waals surface area contributed by atoms with Gasteiger partial charge in [-0.05, 0) is 155 Å². The van der Waals surface area contributed by atoms with Gasteiger partial charge < -0.3 is 0 Å². The van der Waals surface area contributed by atoms with E-state index in [1.54, 1.807) is 0 Å². The summed E-state index contributed by atoms with van der Waals surface area (Å²) in [5, 5.41) is 18.1. The second kappa shape index (κ2) is 12.7. The van der Waals surface area contributed by atoms with Crippen molar-refractivity contribution in [1.29, 1.82) is 0 Å². The van der Waals surface area contributed by atoms with Gasteiger partial charge in [-0.25, -0.2) is 0 Å². The van der Waals surface area contributed by atoms with Crippen molar-refractivity contribution in [2.45, 2.75) is 19.3 Å². The van der Waals surface area contributed by atoms with Gasteiger partial charge in [0.2, 0.25) is 0 Å². The molecule has 1 aliphatic rings. The number of benzene rings is 12. The molecule has 284 valence electrons. The molecule has 0 unspecified atom stereocenters. The van der Waals surface area contributed by atoms with Gasteiger partial charge in [-0.1, -0.05) is 196 Å². The van der Waals surface area contributed by atoms with E-state index in [1.165, 1.54) is 131 Å². The Balaban J connectivity index is 1.01. The molecule has 12 aromatic carbocycles. The Hall–Kier alpha value is -7.54. The molecule has 0 bridgehead atoms. The summed E-state index contributed by atoms with van der Waals surface area (Å²) in [6.45, 7) is 4.81. The number of hydrogen-bond acceptors (Lipinski definition) is 0. The normalized spacial score (nSPS) is 13.2. The third-order valence-corrected chi connectivity index (χ3v) is 13.9. The van der Waals surface area contributed by atoms with E-state index in [-0.39, 0.29) is 5.41 Å². The zero-order chi connectivity index (χ0) is 40.4. The van der Waals surface area contributed by atoms with Crippen molar-refractivity contribution in [1.82, 2.24) is 0 Å². The summed E-state index contributed by atoms with van der Waals surface area (Å²) in [7, 11) is 0. The Morgan fingerprint density at radius 2 is 0.770 bits per heavy atom. The summed E-state index contributed by atoms with van der Waals surface area (Å²) in [5.41, 5.74) is 13.0. The van der Waals surface area contributed by atoms with E-state index in [1.807, 2.05) is 0 Å². The second-order valence-corrected chi connectivity index (χ2v) is 17.5. The topological polar surface area (TPSA) is 0 Å². The summed E-state index contributed by atoms with van der Waals surface area (Å²) in [4.78, 5) is 0. The second-order valence-electron chi connectivity index (χ2n) is 17.5. The maximum atomic E-state index is 2.47. The van der Waals surface area contributed by atoms with Gasteiger partial charge in [0.15, 0.2) is 0 Å². The van der Waals surface area contributed by atoms with Crippen molar-refractivity contribution in [3.05, 3.63) is 217 Å². The molecule has 0 saturated carbocycles. The van der Waals surface area contributed by atoms with Crippen LogP contribution in [0.25, 0.3) is 120 Å². The highest BCUT2D eigenvalue weighted by Crippen LogP contribution is 2.55. The van der Waals surface area contributed by atoms with Crippen molar-refractivity contribution in [2.24, 2.45) is 0 Å². The van der Waals surface area contributed by atoms with Crippen LogP contribution in [0.3, 0.4) is 0 Å². The van der Waals surface area contributed by atoms with E-state index in [0.717, 1.165) is 0 Å². The van der Waals surface area contributed by atoms with Gasteiger partial charge in [-0.2, -0.15) is 0 Å². The first-order chi connectivity index (χ1) is 30.0. The molecule has 0 saturated heterocycles. The third-order valence-electron chi connectivity index (χ3n) is 13.9. The fourth-order valence-corrected chi connectivity index (χ4v) is 11.3. The summed E-state index contributed by atoms with van der Waals surface area (Å²) in [6, 6.07) is 77.4. The molecule has 0 heterocycles. The first-order valence-electron chi connectivity index (χ1n) is 21.5. The largest absolute Gasteiger partial charge is 0.0616 e. The SMILES string of the molecule is CC1(C)c2ccc(-c3cccc(-c4c5ccccc5c(-c5cccc6c5ccc5cc7ccccc7cc56)c5ccccc45)c3)cc2-c2c1c1ccccc1c1ccccc21. The molecule has 0 N–H and O–H groups in total. The first-order valence-corrected chi connectivity index (χ1v) is 21.5. The maximum Gasteiger partial charge on any atom is 0.0165 e. The van der Waals surface area contributed by atoms with Gasteiger partial charge in [0.25, 0.3) is 0 Å². The highest BCUT2D eigenvalue weighted by atomic mass is 14.4. The predicted molar refractivity (Wildman–Crippen MR) is 263 cm³/mol. The lowest BCUT2D eigenvalue weighted by Gasteiger charge is -2.24. The molecular formula is C61H40. The lowest BCUT2D eigenvalue weighted by Crippen LogP contribution is -2.15. The Labute approximate surface area is 355 Å². The standard InChI is InChI=1S/C61H40/c1-61(2)56-32-30-40(36-55(56)59-48-21-7-5-19-43(48)44-20-6-12-26-53(44)60(59)61)38-17-13-18-42(34-38)57-49-22-8-10-24-51(49)58(52-25-11-9-23-50(52)57)47-28-14-27-45-46(47)31-29-41-33-37-15-3-4-16-39(37)35-54(41)45/h3-36H,1-2H3. The smallest absolute Gasteiger partial charge is 0.0165 e. The maximum absolute atomic E-state index is 2.47. The Morgan fingerprint density at radius 3 is 1.48 bits per heavy atom. The molecule has 0 nitrogen and oxygen atoms in total. The number of fused-ring (bicyclic) bond motifs is 14. The van der Waals surface area contributed by atoms with Gasteiger partial charge in [0.1, 0.15) is 0 Å². The summed E-state index contributed by atoms with van der Waals surface area (Å²) >= 11 is 0. The van der Waals surface area contributed by atoms with Crippen LogP contribution in [0.2, 0.25) is 0 Å². The van der Waals surface area contributed by atoms with Crippen LogP contribution in [0.5, 0.6) is 0 Å². The van der Waals surface area contributed by atoms with Gasteiger partial charge in [0, 0.05) is 5.41 Å². The van der Waals surface area contributed by atoms with E-state index in [4.69, 9.17) is 0 Å². The van der Waals surface area contributed by atoms with E-state index in [2.05, 4.69) is 220 Å². The third kappa shape index (κ3) is 4.88. The Bertz CT molecular complexity index is 3790. The van der Waals surface area contributed by atoms with Crippen molar-refractivity contribution in [2.75, 3.05) is 0 Å². The van der Waals surface area contributed by atoms with Crippen LogP contribution in [-0.4, -0.2) is 0 Å². The molecule has 61 heavy (non-hydrogen) atoms. The minimum Gasteiger partial charge on any atom is -0.0616 e. The highest BCUT2D eigenvalue weighted by Gasteiger charge is 2.38. The molecule has 13 rings (SSSR count). The van der Waals surface area contributed by atoms with E-state index in [0.29, 0.717) is 0 Å². The monoisotopic (exact) mass is 772 g/mol. The van der Waals surface area contributed by atoms with E-state index < -0.39 is 0 Å². The zero-order valence-corrected chi connectivity index (χ0v) is 34.1. The molecule has 0 spiro atoms. The number of rotatable bonds is 3. The minimum absolute atomic E-state index is 0.125. The lowest BCUT2D eigenvalue weighted by molar-refractivity contribution is 0.666. The molecule has 0 heteroatoms. The molecule has 0 fully saturated rings. The van der Waals surface area contributed by atoms with Crippen LogP contribution in [0.15, 0.2) is 206 Å². The quantitative estimate of drug-likeness (QED) is 0.124. The molecular weight excluding hydrogens is 733 g/mol. The predicted octanol–water partition coefficient (Wildman–Crippen LogP) is 17.1. The molecule has 0 aromatic heterocycles. The van der Waals surface area contributed by atoms with Crippen molar-refractivity contribution in [3.8, 4) is 44.5 Å². The zero-order valence-electron chi connectivity index (χ0n) is 34.1. The van der Waals surface area contributed by atoms with Crippen molar-refractivity contribution < 1.29 is 0 Å². The summed E-state index contributed by atoms with van der Waals surface area (Å²) in [5.74, 6) is 0. The lowest BCUT2D eigenvalue weighted by atomic mass is 9.79. The average molecular weight is 773 g/mol. The summed E-state index contributed by atoms with van der Waals surface area (Å²) in [6.07, 6.45) is 0.